The molecule has 2 aromatic rings. The van der Waals surface area contributed by atoms with Gasteiger partial charge in [-0.3, -0.25) is 0 Å². The van der Waals surface area contributed by atoms with Crippen LogP contribution in [0.5, 0.6) is 0 Å². The molecule has 2 unspecified atom stereocenters. The molecular weight excluding hydrogens is 318 g/mol. The molecule has 0 bridgehead atoms. The van der Waals surface area contributed by atoms with E-state index in [-0.39, 0.29) is 0 Å². The molecule has 0 fully saturated rings. The molecule has 0 aliphatic rings. The summed E-state index contributed by atoms with van der Waals surface area (Å²) in [5.74, 6) is 0. The van der Waals surface area contributed by atoms with Crippen LogP contribution in [0.25, 0.3) is 0 Å². The second kappa shape index (κ2) is 7.13. The highest BCUT2D eigenvalue weighted by Gasteiger charge is 2.19. The van der Waals surface area contributed by atoms with Crippen LogP contribution in [0.4, 0.5) is 0 Å². The summed E-state index contributed by atoms with van der Waals surface area (Å²) in [7, 11) is 2.02. The van der Waals surface area contributed by atoms with Crippen molar-refractivity contribution in [1.29, 1.82) is 0 Å². The summed E-state index contributed by atoms with van der Waals surface area (Å²) < 4.78 is 1.16. The Morgan fingerprint density at radius 3 is 2.26 bits per heavy atom. The second-order valence-corrected chi connectivity index (χ2v) is 6.70. The van der Waals surface area contributed by atoms with E-state index in [2.05, 4.69) is 76.7 Å². The molecular formula is C16H18BrNS. The van der Waals surface area contributed by atoms with E-state index in [0.717, 1.165) is 4.47 Å². The topological polar surface area (TPSA) is 12.0 Å². The van der Waals surface area contributed by atoms with Gasteiger partial charge in [-0.1, -0.05) is 49.4 Å². The van der Waals surface area contributed by atoms with Gasteiger partial charge < -0.3 is 5.32 Å². The van der Waals surface area contributed by atoms with E-state index in [9.17, 15) is 0 Å². The van der Waals surface area contributed by atoms with Crippen molar-refractivity contribution in [1.82, 2.24) is 5.32 Å². The molecule has 1 nitrogen and oxygen atoms in total. The first-order valence-electron chi connectivity index (χ1n) is 6.35. The van der Waals surface area contributed by atoms with E-state index in [0.29, 0.717) is 11.3 Å². The van der Waals surface area contributed by atoms with Crippen molar-refractivity contribution < 1.29 is 0 Å². The predicted octanol–water partition coefficient (Wildman–Crippen LogP) is 4.89. The van der Waals surface area contributed by atoms with Crippen LogP contribution in [0.2, 0.25) is 0 Å². The maximum Gasteiger partial charge on any atom is 0.0438 e. The van der Waals surface area contributed by atoms with Gasteiger partial charge in [0, 0.05) is 20.7 Å². The molecule has 0 saturated carbocycles. The zero-order valence-electron chi connectivity index (χ0n) is 11.1. The number of halogens is 1. The highest BCUT2D eigenvalue weighted by molar-refractivity contribution is 9.10. The van der Waals surface area contributed by atoms with Gasteiger partial charge in [0.25, 0.3) is 0 Å². The fourth-order valence-corrected chi connectivity index (χ4v) is 3.87. The van der Waals surface area contributed by atoms with Crippen molar-refractivity contribution in [2.45, 2.75) is 23.1 Å². The summed E-state index contributed by atoms with van der Waals surface area (Å²) in [6.07, 6.45) is 0. The lowest BCUT2D eigenvalue weighted by molar-refractivity contribution is 0.589. The number of nitrogens with one attached hydrogen (secondary N) is 1. The van der Waals surface area contributed by atoms with Gasteiger partial charge >= 0.3 is 0 Å². The number of rotatable bonds is 5. The van der Waals surface area contributed by atoms with Gasteiger partial charge in [0.05, 0.1) is 0 Å². The molecule has 0 amide bonds. The normalized spacial score (nSPS) is 14.1. The lowest BCUT2D eigenvalue weighted by atomic mass is 10.0. The summed E-state index contributed by atoms with van der Waals surface area (Å²) in [5.41, 5.74) is 1.33. The minimum Gasteiger partial charge on any atom is -0.312 e. The van der Waals surface area contributed by atoms with Gasteiger partial charge in [-0.25, -0.2) is 0 Å². The fraction of sp³-hybridized carbons (Fsp3) is 0.250. The smallest absolute Gasteiger partial charge is 0.0438 e. The molecule has 100 valence electrons. The Morgan fingerprint density at radius 2 is 1.63 bits per heavy atom. The standard InChI is InChI=1S/C16H18BrNS/c1-12(19-15-11-7-6-10-14(15)17)16(18-2)13-8-4-3-5-9-13/h3-12,16,18H,1-2H3. The van der Waals surface area contributed by atoms with Crippen molar-refractivity contribution in [3.8, 4) is 0 Å². The SMILES string of the molecule is CNC(c1ccccc1)C(C)Sc1ccccc1Br. The Kier molecular flexibility index (Phi) is 5.49. The van der Waals surface area contributed by atoms with Crippen LogP contribution in [0.15, 0.2) is 64.0 Å². The lowest BCUT2D eigenvalue weighted by Crippen LogP contribution is -2.25. The summed E-state index contributed by atoms with van der Waals surface area (Å²) in [6.45, 7) is 2.26. The predicted molar refractivity (Wildman–Crippen MR) is 87.7 cm³/mol. The maximum atomic E-state index is 3.61. The van der Waals surface area contributed by atoms with Gasteiger partial charge in [-0.2, -0.15) is 0 Å². The van der Waals surface area contributed by atoms with Gasteiger partial charge in [0.2, 0.25) is 0 Å². The van der Waals surface area contributed by atoms with E-state index in [1.165, 1.54) is 10.5 Å². The third-order valence-corrected chi connectivity index (χ3v) is 5.30. The molecule has 3 heteroatoms. The molecule has 0 spiro atoms. The van der Waals surface area contributed by atoms with Crippen LogP contribution in [0.1, 0.15) is 18.5 Å². The van der Waals surface area contributed by atoms with Crippen LogP contribution in [-0.4, -0.2) is 12.3 Å². The molecule has 2 aromatic carbocycles. The molecule has 1 N–H and O–H groups in total. The van der Waals surface area contributed by atoms with E-state index in [1.54, 1.807) is 0 Å². The molecule has 19 heavy (non-hydrogen) atoms. The average molecular weight is 336 g/mol. The molecule has 2 atom stereocenters. The first kappa shape index (κ1) is 14.6. The first-order valence-corrected chi connectivity index (χ1v) is 8.03. The summed E-state index contributed by atoms with van der Waals surface area (Å²) >= 11 is 5.50. The van der Waals surface area contributed by atoms with Crippen molar-refractivity contribution in [2.24, 2.45) is 0 Å². The van der Waals surface area contributed by atoms with Gasteiger partial charge in [-0.15, -0.1) is 11.8 Å². The minimum atomic E-state index is 0.346. The Morgan fingerprint density at radius 1 is 1.00 bits per heavy atom. The van der Waals surface area contributed by atoms with Crippen LogP contribution in [-0.2, 0) is 0 Å². The van der Waals surface area contributed by atoms with Gasteiger partial charge in [-0.05, 0) is 40.7 Å². The molecule has 0 radical (unpaired) electrons. The molecule has 2 rings (SSSR count). The van der Waals surface area contributed by atoms with Crippen LogP contribution >= 0.6 is 27.7 Å². The van der Waals surface area contributed by atoms with Crippen LogP contribution < -0.4 is 5.32 Å². The number of benzene rings is 2. The van der Waals surface area contributed by atoms with Crippen LogP contribution in [0, 0.1) is 0 Å². The first-order chi connectivity index (χ1) is 9.22. The molecule has 0 saturated heterocycles. The Balaban J connectivity index is 2.14. The Hall–Kier alpha value is -0.770. The summed E-state index contributed by atoms with van der Waals surface area (Å²) in [4.78, 5) is 1.28. The highest BCUT2D eigenvalue weighted by Crippen LogP contribution is 2.35. The molecule has 0 heterocycles. The number of hydrogen-bond acceptors (Lipinski definition) is 2. The second-order valence-electron chi connectivity index (χ2n) is 4.43. The summed E-state index contributed by atoms with van der Waals surface area (Å²) in [6, 6.07) is 19.3. The molecule has 0 aliphatic carbocycles. The third kappa shape index (κ3) is 3.85. The fourth-order valence-electron chi connectivity index (χ4n) is 2.14. The Labute approximate surface area is 127 Å². The van der Waals surface area contributed by atoms with Gasteiger partial charge in [0.15, 0.2) is 0 Å². The van der Waals surface area contributed by atoms with E-state index in [1.807, 2.05) is 24.9 Å². The number of hydrogen-bond donors (Lipinski definition) is 1. The third-order valence-electron chi connectivity index (χ3n) is 3.09. The quantitative estimate of drug-likeness (QED) is 0.780. The zero-order valence-corrected chi connectivity index (χ0v) is 13.5. The summed E-state index contributed by atoms with van der Waals surface area (Å²) in [5, 5.41) is 3.87. The van der Waals surface area contributed by atoms with Crippen molar-refractivity contribution in [3.05, 3.63) is 64.6 Å². The van der Waals surface area contributed by atoms with Crippen molar-refractivity contribution >= 4 is 27.7 Å². The van der Waals surface area contributed by atoms with Crippen LogP contribution in [0.3, 0.4) is 0 Å². The zero-order chi connectivity index (χ0) is 13.7. The lowest BCUT2D eigenvalue weighted by Gasteiger charge is -2.24. The van der Waals surface area contributed by atoms with E-state index in [4.69, 9.17) is 0 Å². The average Bonchev–Trinajstić information content (AvgIpc) is 2.43. The van der Waals surface area contributed by atoms with Crippen molar-refractivity contribution in [3.63, 3.8) is 0 Å². The molecule has 0 aromatic heterocycles. The largest absolute Gasteiger partial charge is 0.312 e. The van der Waals surface area contributed by atoms with Gasteiger partial charge in [0.1, 0.15) is 0 Å². The van der Waals surface area contributed by atoms with E-state index < -0.39 is 0 Å². The number of thioether (sulfide) groups is 1. The highest BCUT2D eigenvalue weighted by atomic mass is 79.9. The monoisotopic (exact) mass is 335 g/mol. The molecule has 0 aliphatic heterocycles. The Bertz CT molecular complexity index is 515. The maximum absolute atomic E-state index is 3.61. The van der Waals surface area contributed by atoms with Crippen molar-refractivity contribution in [2.75, 3.05) is 7.05 Å². The van der Waals surface area contributed by atoms with E-state index >= 15 is 0 Å². The minimum absolute atomic E-state index is 0.346.